The van der Waals surface area contributed by atoms with Gasteiger partial charge in [-0.1, -0.05) is 24.3 Å². The third-order valence-electron chi connectivity index (χ3n) is 5.36. The van der Waals surface area contributed by atoms with E-state index in [1.165, 1.54) is 12.1 Å². The van der Waals surface area contributed by atoms with Crippen molar-refractivity contribution in [1.29, 1.82) is 0 Å². The van der Waals surface area contributed by atoms with E-state index in [9.17, 15) is 18.3 Å². The molecule has 2 aromatic carbocycles. The number of β-amino-alcohol motifs (C(OH)–C–C–N with tert-alkyl or cyclic N) is 1. The predicted octanol–water partition coefficient (Wildman–Crippen LogP) is 4.73. The van der Waals surface area contributed by atoms with Crippen LogP contribution in [0.4, 0.5) is 18.9 Å². The van der Waals surface area contributed by atoms with E-state index in [2.05, 4.69) is 4.90 Å². The van der Waals surface area contributed by atoms with E-state index in [1.54, 1.807) is 13.2 Å². The van der Waals surface area contributed by atoms with Gasteiger partial charge in [0.2, 0.25) is 0 Å². The second kappa shape index (κ2) is 12.2. The topological polar surface area (TPSA) is 45.2 Å². The van der Waals surface area contributed by atoms with Gasteiger partial charge >= 0.3 is 6.18 Å². The highest BCUT2D eigenvalue weighted by atomic mass is 35.5. The second-order valence-corrected chi connectivity index (χ2v) is 7.71. The quantitative estimate of drug-likeness (QED) is 0.584. The van der Waals surface area contributed by atoms with Crippen molar-refractivity contribution in [3.63, 3.8) is 0 Å². The first-order valence-corrected chi connectivity index (χ1v) is 10.6. The number of piperazine rings is 1. The Morgan fingerprint density at radius 3 is 2.42 bits per heavy atom. The van der Waals surface area contributed by atoms with Gasteiger partial charge in [0.05, 0.1) is 12.7 Å². The van der Waals surface area contributed by atoms with Gasteiger partial charge in [-0.2, -0.15) is 13.2 Å². The molecule has 0 saturated carbocycles. The van der Waals surface area contributed by atoms with Gasteiger partial charge in [-0.15, -0.1) is 12.4 Å². The number of benzene rings is 2. The number of alkyl halides is 3. The third-order valence-corrected chi connectivity index (χ3v) is 5.36. The van der Waals surface area contributed by atoms with Crippen molar-refractivity contribution in [2.75, 3.05) is 51.3 Å². The average Bonchev–Trinajstić information content (AvgIpc) is 2.78. The lowest BCUT2D eigenvalue weighted by molar-refractivity contribution is -0.137. The van der Waals surface area contributed by atoms with Crippen molar-refractivity contribution in [3.8, 4) is 11.5 Å². The summed E-state index contributed by atoms with van der Waals surface area (Å²) < 4.78 is 50.0. The maximum atomic E-state index is 13.0. The summed E-state index contributed by atoms with van der Waals surface area (Å²) in [6.45, 7) is 4.96. The lowest BCUT2D eigenvalue weighted by atomic mass is 10.1. The fourth-order valence-electron chi connectivity index (χ4n) is 3.70. The van der Waals surface area contributed by atoms with Crippen LogP contribution < -0.4 is 14.4 Å². The number of ether oxygens (including phenoxy) is 2. The highest BCUT2D eigenvalue weighted by Gasteiger charge is 2.31. The zero-order chi connectivity index (χ0) is 23.1. The molecule has 0 radical (unpaired) electrons. The molecule has 9 heteroatoms. The fraction of sp³-hybridized carbons (Fsp3) is 0.417. The summed E-state index contributed by atoms with van der Waals surface area (Å²) in [4.78, 5) is 4.02. The molecule has 0 amide bonds. The molecule has 1 unspecified atom stereocenters. The second-order valence-electron chi connectivity index (χ2n) is 7.71. The Kier molecular flexibility index (Phi) is 9.88. The number of anilines is 1. The van der Waals surface area contributed by atoms with Crippen LogP contribution in [-0.2, 0) is 6.18 Å². The summed E-state index contributed by atoms with van der Waals surface area (Å²) >= 11 is 0. The molecule has 1 aliphatic heterocycles. The molecule has 1 aliphatic rings. The molecular formula is C24H30ClF3N2O3. The Balaban J connectivity index is 0.00000385. The summed E-state index contributed by atoms with van der Waals surface area (Å²) in [5.41, 5.74) is 0.923. The van der Waals surface area contributed by atoms with Gasteiger partial charge in [0.25, 0.3) is 0 Å². The molecule has 1 saturated heterocycles. The maximum absolute atomic E-state index is 13.0. The van der Waals surface area contributed by atoms with E-state index in [1.807, 2.05) is 42.2 Å². The molecular weight excluding hydrogens is 457 g/mol. The number of hydrogen-bond acceptors (Lipinski definition) is 5. The van der Waals surface area contributed by atoms with Crippen molar-refractivity contribution < 1.29 is 27.8 Å². The Labute approximate surface area is 198 Å². The third kappa shape index (κ3) is 7.55. The van der Waals surface area contributed by atoms with E-state index < -0.39 is 17.8 Å². The normalized spacial score (nSPS) is 15.9. The summed E-state index contributed by atoms with van der Waals surface area (Å²) in [6, 6.07) is 11.0. The number of aliphatic hydroxyl groups excluding tert-OH is 1. The molecule has 5 nitrogen and oxygen atoms in total. The largest absolute Gasteiger partial charge is 0.493 e. The predicted molar refractivity (Wildman–Crippen MR) is 127 cm³/mol. The van der Waals surface area contributed by atoms with Gasteiger partial charge < -0.3 is 19.5 Å². The van der Waals surface area contributed by atoms with Gasteiger partial charge in [0.15, 0.2) is 11.5 Å². The standard InChI is InChI=1S/C24H29F3N2O3.ClH/c1-3-5-18-8-9-22(23(14-18)31-2)32-17-21(30)16-28-10-12-29(13-11-28)20-7-4-6-19(15-20)24(25,26)27;/h3-9,14-15,21,30H,10-13,16-17H2,1-2H3;1H/b5-3+;. The molecule has 2 aromatic rings. The van der Waals surface area contributed by atoms with E-state index >= 15 is 0 Å². The molecule has 1 heterocycles. The molecule has 33 heavy (non-hydrogen) atoms. The number of allylic oxidation sites excluding steroid dienone is 1. The monoisotopic (exact) mass is 486 g/mol. The lowest BCUT2D eigenvalue weighted by Gasteiger charge is -2.37. The minimum Gasteiger partial charge on any atom is -0.493 e. The van der Waals surface area contributed by atoms with E-state index in [0.29, 0.717) is 49.9 Å². The Morgan fingerprint density at radius 2 is 1.79 bits per heavy atom. The Bertz CT molecular complexity index is 916. The molecule has 3 rings (SSSR count). The van der Waals surface area contributed by atoms with Crippen molar-refractivity contribution >= 4 is 24.2 Å². The molecule has 182 valence electrons. The van der Waals surface area contributed by atoms with Crippen LogP contribution in [-0.4, -0.2) is 62.6 Å². The molecule has 1 atom stereocenters. The highest BCUT2D eigenvalue weighted by molar-refractivity contribution is 5.85. The first-order chi connectivity index (χ1) is 15.3. The molecule has 1 fully saturated rings. The smallest absolute Gasteiger partial charge is 0.416 e. The van der Waals surface area contributed by atoms with Crippen molar-refractivity contribution in [3.05, 3.63) is 59.7 Å². The number of methoxy groups -OCH3 is 1. The highest BCUT2D eigenvalue weighted by Crippen LogP contribution is 2.32. The van der Waals surface area contributed by atoms with Crippen LogP contribution in [0.25, 0.3) is 6.08 Å². The lowest BCUT2D eigenvalue weighted by Crippen LogP contribution is -2.49. The van der Waals surface area contributed by atoms with Crippen LogP contribution in [0.15, 0.2) is 48.5 Å². The molecule has 0 aromatic heterocycles. The number of aliphatic hydroxyl groups is 1. The number of nitrogens with zero attached hydrogens (tertiary/aromatic N) is 2. The van der Waals surface area contributed by atoms with Crippen LogP contribution in [0.5, 0.6) is 11.5 Å². The summed E-state index contributed by atoms with van der Waals surface area (Å²) in [5, 5.41) is 10.4. The van der Waals surface area contributed by atoms with E-state index in [4.69, 9.17) is 9.47 Å². The minimum absolute atomic E-state index is 0. The zero-order valence-electron chi connectivity index (χ0n) is 18.7. The molecule has 1 N–H and O–H groups in total. The van der Waals surface area contributed by atoms with Crippen LogP contribution in [0.1, 0.15) is 18.1 Å². The van der Waals surface area contributed by atoms with Gasteiger partial charge in [0, 0.05) is 38.4 Å². The summed E-state index contributed by atoms with van der Waals surface area (Å²) in [6.07, 6.45) is -1.15. The van der Waals surface area contributed by atoms with Crippen LogP contribution in [0, 0.1) is 0 Å². The van der Waals surface area contributed by atoms with E-state index in [-0.39, 0.29) is 19.0 Å². The van der Waals surface area contributed by atoms with Gasteiger partial charge in [-0.3, -0.25) is 4.90 Å². The summed E-state index contributed by atoms with van der Waals surface area (Å²) in [5.74, 6) is 1.16. The first-order valence-electron chi connectivity index (χ1n) is 10.6. The van der Waals surface area contributed by atoms with Crippen molar-refractivity contribution in [1.82, 2.24) is 4.90 Å². The Hall–Kier alpha value is -2.42. The SMILES string of the molecule is C/C=C/c1ccc(OCC(O)CN2CCN(c3cccc(C(F)(F)F)c3)CC2)c(OC)c1.Cl. The minimum atomic E-state index is -4.35. The van der Waals surface area contributed by atoms with Crippen molar-refractivity contribution in [2.24, 2.45) is 0 Å². The number of hydrogen-bond donors (Lipinski definition) is 1. The maximum Gasteiger partial charge on any atom is 0.416 e. The number of rotatable bonds is 8. The Morgan fingerprint density at radius 1 is 1.06 bits per heavy atom. The van der Waals surface area contributed by atoms with Crippen LogP contribution in [0.2, 0.25) is 0 Å². The number of halogens is 4. The zero-order valence-corrected chi connectivity index (χ0v) is 19.5. The molecule has 0 aliphatic carbocycles. The molecule has 0 bridgehead atoms. The van der Waals surface area contributed by atoms with Gasteiger partial charge in [-0.25, -0.2) is 0 Å². The van der Waals surface area contributed by atoms with Crippen LogP contribution >= 0.6 is 12.4 Å². The summed E-state index contributed by atoms with van der Waals surface area (Å²) in [7, 11) is 1.57. The molecule has 0 spiro atoms. The average molecular weight is 487 g/mol. The fourth-order valence-corrected chi connectivity index (χ4v) is 3.70. The van der Waals surface area contributed by atoms with Gasteiger partial charge in [-0.05, 0) is 42.8 Å². The first kappa shape index (κ1) is 26.8. The van der Waals surface area contributed by atoms with E-state index in [0.717, 1.165) is 11.6 Å². The van der Waals surface area contributed by atoms with Crippen LogP contribution in [0.3, 0.4) is 0 Å². The van der Waals surface area contributed by atoms with Gasteiger partial charge in [0.1, 0.15) is 12.7 Å². The van der Waals surface area contributed by atoms with Crippen molar-refractivity contribution in [2.45, 2.75) is 19.2 Å².